The molecule has 2 saturated heterocycles. The van der Waals surface area contributed by atoms with Crippen LogP contribution in [0.3, 0.4) is 0 Å². The molecule has 33 heavy (non-hydrogen) atoms. The Kier molecular flexibility index (Phi) is 7.88. The molecule has 8 heteroatoms. The molecule has 2 aliphatic heterocycles. The van der Waals surface area contributed by atoms with Gasteiger partial charge in [-0.15, -0.1) is 0 Å². The van der Waals surface area contributed by atoms with E-state index in [9.17, 15) is 14.0 Å². The number of piperidine rings is 1. The highest BCUT2D eigenvalue weighted by Crippen LogP contribution is 2.26. The normalized spacial score (nSPS) is 22.6. The molecule has 1 aromatic heterocycles. The number of para-hydroxylation sites is 1. The van der Waals surface area contributed by atoms with Crippen molar-refractivity contribution in [3.63, 3.8) is 0 Å². The number of likely N-dealkylation sites (tertiary alicyclic amines) is 1. The van der Waals surface area contributed by atoms with Gasteiger partial charge >= 0.3 is 6.03 Å². The van der Waals surface area contributed by atoms with E-state index < -0.39 is 5.82 Å². The van der Waals surface area contributed by atoms with E-state index in [4.69, 9.17) is 0 Å². The van der Waals surface area contributed by atoms with Crippen molar-refractivity contribution in [1.82, 2.24) is 20.1 Å². The van der Waals surface area contributed by atoms with Crippen LogP contribution in [0, 0.1) is 11.7 Å². The molecule has 0 aliphatic carbocycles. The first-order valence-corrected chi connectivity index (χ1v) is 11.8. The number of hydrogen-bond acceptors (Lipinski definition) is 4. The van der Waals surface area contributed by atoms with Gasteiger partial charge in [0.15, 0.2) is 0 Å². The van der Waals surface area contributed by atoms with Crippen molar-refractivity contribution in [2.45, 2.75) is 44.7 Å². The Morgan fingerprint density at radius 3 is 2.70 bits per heavy atom. The highest BCUT2D eigenvalue weighted by Gasteiger charge is 2.39. The van der Waals surface area contributed by atoms with Crippen LogP contribution in [0.1, 0.15) is 37.7 Å². The topological polar surface area (TPSA) is 77.6 Å². The SMILES string of the molecule is O=C1NCCCCCCN(Cc2ccncc2)[C@@H]2CN(C(=O)Nc3ccccc3F)CC[C@@H]12. The third kappa shape index (κ3) is 6.07. The molecule has 0 bridgehead atoms. The van der Waals surface area contributed by atoms with Gasteiger partial charge in [-0.05, 0) is 55.6 Å². The molecule has 0 radical (unpaired) electrons. The Balaban J connectivity index is 1.55. The predicted octanol–water partition coefficient (Wildman–Crippen LogP) is 3.64. The van der Waals surface area contributed by atoms with Crippen LogP contribution in [-0.4, -0.2) is 58.9 Å². The molecule has 2 atom stereocenters. The lowest BCUT2D eigenvalue weighted by Crippen LogP contribution is -2.58. The molecular weight excluding hydrogens is 421 g/mol. The number of aromatic nitrogens is 1. The zero-order valence-electron chi connectivity index (χ0n) is 18.9. The first kappa shape index (κ1) is 23.2. The first-order valence-electron chi connectivity index (χ1n) is 11.8. The number of carbonyl (C=O) groups excluding carboxylic acids is 2. The van der Waals surface area contributed by atoms with Crippen LogP contribution in [0.25, 0.3) is 0 Å². The Hall–Kier alpha value is -3.00. The van der Waals surface area contributed by atoms with Gasteiger partial charge in [-0.2, -0.15) is 0 Å². The molecule has 0 spiro atoms. The quantitative estimate of drug-likeness (QED) is 0.744. The summed E-state index contributed by atoms with van der Waals surface area (Å²) in [6.07, 6.45) is 8.37. The summed E-state index contributed by atoms with van der Waals surface area (Å²) in [6, 6.07) is 9.69. The van der Waals surface area contributed by atoms with E-state index in [0.29, 0.717) is 32.6 Å². The highest BCUT2D eigenvalue weighted by molar-refractivity contribution is 5.90. The number of nitrogens with one attached hydrogen (secondary N) is 2. The monoisotopic (exact) mass is 453 g/mol. The second-order valence-corrected chi connectivity index (χ2v) is 8.85. The minimum absolute atomic E-state index is 0.0655. The molecule has 2 fully saturated rings. The molecule has 3 heterocycles. The number of nitrogens with zero attached hydrogens (tertiary/aromatic N) is 3. The van der Waals surface area contributed by atoms with Gasteiger partial charge in [-0.25, -0.2) is 9.18 Å². The fraction of sp³-hybridized carbons (Fsp3) is 0.480. The van der Waals surface area contributed by atoms with E-state index in [1.807, 2.05) is 12.1 Å². The molecule has 4 rings (SSSR count). The van der Waals surface area contributed by atoms with Crippen LogP contribution in [0.4, 0.5) is 14.9 Å². The smallest absolute Gasteiger partial charge is 0.321 e. The standard InChI is InChI=1S/C25H32FN5O2/c26-21-7-3-4-8-22(21)29-25(33)31-16-11-20-23(18-31)30(17-19-9-13-27-14-10-19)15-6-2-1-5-12-28-24(20)32/h3-4,7-10,13-14,20,23H,1-2,5-6,11-12,15-18H2,(H,28,32)(H,29,33)/t20-,23-/m1/s1. The number of benzene rings is 1. The minimum atomic E-state index is -0.464. The molecule has 3 amide bonds. The molecular formula is C25H32FN5O2. The highest BCUT2D eigenvalue weighted by atomic mass is 19.1. The second-order valence-electron chi connectivity index (χ2n) is 8.85. The van der Waals surface area contributed by atoms with Crippen molar-refractivity contribution in [1.29, 1.82) is 0 Å². The maximum absolute atomic E-state index is 14.1. The molecule has 2 aliphatic rings. The number of carbonyl (C=O) groups is 2. The summed E-state index contributed by atoms with van der Waals surface area (Å²) in [5.41, 5.74) is 1.30. The van der Waals surface area contributed by atoms with Crippen LogP contribution in [-0.2, 0) is 11.3 Å². The molecule has 1 aromatic carbocycles. The van der Waals surface area contributed by atoms with E-state index in [1.165, 1.54) is 6.07 Å². The summed E-state index contributed by atoms with van der Waals surface area (Å²) >= 11 is 0. The minimum Gasteiger partial charge on any atom is -0.356 e. The zero-order valence-corrected chi connectivity index (χ0v) is 18.9. The van der Waals surface area contributed by atoms with E-state index in [1.54, 1.807) is 35.5 Å². The van der Waals surface area contributed by atoms with E-state index in [0.717, 1.165) is 37.8 Å². The second kappa shape index (κ2) is 11.2. The van der Waals surface area contributed by atoms with E-state index in [2.05, 4.69) is 20.5 Å². The molecule has 2 N–H and O–H groups in total. The van der Waals surface area contributed by atoms with Gasteiger partial charge in [0.05, 0.1) is 11.6 Å². The lowest BCUT2D eigenvalue weighted by Gasteiger charge is -2.43. The fourth-order valence-electron chi connectivity index (χ4n) is 4.77. The van der Waals surface area contributed by atoms with Crippen LogP contribution in [0.5, 0.6) is 0 Å². The molecule has 0 unspecified atom stereocenters. The summed E-state index contributed by atoms with van der Waals surface area (Å²) < 4.78 is 14.1. The number of hydrogen-bond donors (Lipinski definition) is 2. The Bertz CT molecular complexity index is 941. The van der Waals surface area contributed by atoms with Gasteiger partial charge in [0.2, 0.25) is 5.91 Å². The maximum atomic E-state index is 14.1. The van der Waals surface area contributed by atoms with Gasteiger partial charge in [0, 0.05) is 44.6 Å². The Labute approximate surface area is 194 Å². The average molecular weight is 454 g/mol. The predicted molar refractivity (Wildman–Crippen MR) is 125 cm³/mol. The van der Waals surface area contributed by atoms with Crippen molar-refractivity contribution >= 4 is 17.6 Å². The van der Waals surface area contributed by atoms with Gasteiger partial charge in [-0.1, -0.05) is 25.0 Å². The number of pyridine rings is 1. The summed E-state index contributed by atoms with van der Waals surface area (Å²) in [7, 11) is 0. The number of urea groups is 1. The summed E-state index contributed by atoms with van der Waals surface area (Å²) in [5.74, 6) is -0.590. The zero-order chi connectivity index (χ0) is 23.0. The van der Waals surface area contributed by atoms with Gasteiger partial charge in [0.1, 0.15) is 5.82 Å². The van der Waals surface area contributed by atoms with Crippen molar-refractivity contribution in [2.24, 2.45) is 5.92 Å². The van der Waals surface area contributed by atoms with Crippen molar-refractivity contribution < 1.29 is 14.0 Å². The summed E-state index contributed by atoms with van der Waals surface area (Å²) in [4.78, 5) is 34.2. The maximum Gasteiger partial charge on any atom is 0.321 e. The largest absolute Gasteiger partial charge is 0.356 e. The molecule has 176 valence electrons. The lowest BCUT2D eigenvalue weighted by atomic mass is 9.89. The Morgan fingerprint density at radius 1 is 1.09 bits per heavy atom. The van der Waals surface area contributed by atoms with Crippen molar-refractivity contribution in [3.8, 4) is 0 Å². The number of amides is 3. The van der Waals surface area contributed by atoms with Crippen molar-refractivity contribution in [2.75, 3.05) is 31.5 Å². The number of halogens is 1. The van der Waals surface area contributed by atoms with Crippen LogP contribution < -0.4 is 10.6 Å². The van der Waals surface area contributed by atoms with E-state index >= 15 is 0 Å². The van der Waals surface area contributed by atoms with Crippen LogP contribution in [0.2, 0.25) is 0 Å². The van der Waals surface area contributed by atoms with Gasteiger partial charge in [-0.3, -0.25) is 14.7 Å². The third-order valence-electron chi connectivity index (χ3n) is 6.60. The van der Waals surface area contributed by atoms with Gasteiger partial charge in [0.25, 0.3) is 0 Å². The number of rotatable bonds is 3. The molecule has 7 nitrogen and oxygen atoms in total. The number of anilines is 1. The molecule has 2 aromatic rings. The first-order chi connectivity index (χ1) is 16.1. The van der Waals surface area contributed by atoms with Crippen LogP contribution in [0.15, 0.2) is 48.8 Å². The van der Waals surface area contributed by atoms with Crippen LogP contribution >= 0.6 is 0 Å². The fourth-order valence-corrected chi connectivity index (χ4v) is 4.77. The average Bonchev–Trinajstić information content (AvgIpc) is 2.87. The lowest BCUT2D eigenvalue weighted by molar-refractivity contribution is -0.129. The Morgan fingerprint density at radius 2 is 1.88 bits per heavy atom. The number of fused-ring (bicyclic) bond motifs is 1. The van der Waals surface area contributed by atoms with Gasteiger partial charge < -0.3 is 15.5 Å². The summed E-state index contributed by atoms with van der Waals surface area (Å²) in [6.45, 7) is 3.13. The van der Waals surface area contributed by atoms with E-state index in [-0.39, 0.29) is 29.6 Å². The summed E-state index contributed by atoms with van der Waals surface area (Å²) in [5, 5.41) is 5.81. The third-order valence-corrected chi connectivity index (χ3v) is 6.60. The molecule has 0 saturated carbocycles. The van der Waals surface area contributed by atoms with Crippen molar-refractivity contribution in [3.05, 3.63) is 60.2 Å².